The van der Waals surface area contributed by atoms with Crippen LogP contribution >= 0.6 is 0 Å². The third-order valence-electron chi connectivity index (χ3n) is 8.45. The molecule has 0 fully saturated rings. The fourth-order valence-electron chi connectivity index (χ4n) is 5.79. The zero-order valence-corrected chi connectivity index (χ0v) is 30.3. The summed E-state index contributed by atoms with van der Waals surface area (Å²) in [6, 6.07) is 30.3. The van der Waals surface area contributed by atoms with Crippen LogP contribution in [0.15, 0.2) is 157 Å². The van der Waals surface area contributed by atoms with Crippen molar-refractivity contribution in [1.82, 2.24) is 0 Å². The number of para-hydroxylation sites is 2. The average Bonchev–Trinajstić information content (AvgIpc) is 3.17. The molecule has 0 bridgehead atoms. The molecular formula is C42H42O10S. The first-order chi connectivity index (χ1) is 25.7. The van der Waals surface area contributed by atoms with Crippen molar-refractivity contribution in [2.45, 2.75) is 49.4 Å². The van der Waals surface area contributed by atoms with Gasteiger partial charge < -0.3 is 38.6 Å². The van der Waals surface area contributed by atoms with Gasteiger partial charge in [-0.1, -0.05) is 50.2 Å². The molecule has 0 amide bonds. The fraction of sp³-hybridized carbons (Fsp3) is 0.238. The molecule has 10 nitrogen and oxygen atoms in total. The average molecular weight is 739 g/mol. The zero-order chi connectivity index (χ0) is 37.3. The Balaban J connectivity index is 1.44. The number of allylic oxidation sites excluding steroid dienone is 2. The second-order valence-corrected chi connectivity index (χ2v) is 14.8. The van der Waals surface area contributed by atoms with E-state index in [1.54, 1.807) is 60.7 Å². The van der Waals surface area contributed by atoms with E-state index in [0.717, 1.165) is 0 Å². The summed E-state index contributed by atoms with van der Waals surface area (Å²) < 4.78 is 69.1. The lowest BCUT2D eigenvalue weighted by Crippen LogP contribution is -2.55. The van der Waals surface area contributed by atoms with Gasteiger partial charge in [0.1, 0.15) is 34.5 Å². The van der Waals surface area contributed by atoms with Crippen LogP contribution in [-0.4, -0.2) is 41.7 Å². The summed E-state index contributed by atoms with van der Waals surface area (Å²) in [7, 11) is -4.55. The highest BCUT2D eigenvalue weighted by atomic mass is 32.2. The van der Waals surface area contributed by atoms with Crippen molar-refractivity contribution in [1.29, 1.82) is 0 Å². The molecule has 2 unspecified atom stereocenters. The van der Waals surface area contributed by atoms with E-state index >= 15 is 8.42 Å². The maximum atomic E-state index is 15.6. The first-order valence-corrected chi connectivity index (χ1v) is 18.9. The largest absolute Gasteiger partial charge is 0.508 e. The van der Waals surface area contributed by atoms with Crippen molar-refractivity contribution in [3.63, 3.8) is 0 Å². The number of benzene rings is 4. The Hall–Kier alpha value is -5.49. The summed E-state index contributed by atoms with van der Waals surface area (Å²) in [5.74, 6) is 2.80. The smallest absolute Gasteiger partial charge is 0.218 e. The van der Waals surface area contributed by atoms with Crippen molar-refractivity contribution in [3.05, 3.63) is 157 Å². The molecular weight excluding hydrogens is 697 g/mol. The van der Waals surface area contributed by atoms with E-state index in [1.165, 1.54) is 36.4 Å². The van der Waals surface area contributed by atoms with Gasteiger partial charge in [0.2, 0.25) is 9.84 Å². The number of ether oxygens (including phenoxy) is 6. The van der Waals surface area contributed by atoms with Crippen LogP contribution in [0.25, 0.3) is 0 Å². The Bertz CT molecular complexity index is 1930. The van der Waals surface area contributed by atoms with Crippen LogP contribution in [0.4, 0.5) is 0 Å². The minimum atomic E-state index is -4.55. The summed E-state index contributed by atoms with van der Waals surface area (Å²) in [4.78, 5) is -3.98. The third kappa shape index (κ3) is 8.44. The highest BCUT2D eigenvalue weighted by Gasteiger charge is 2.59. The van der Waals surface area contributed by atoms with Gasteiger partial charge in [0.15, 0.2) is 32.9 Å². The highest BCUT2D eigenvalue weighted by molar-refractivity contribution is 7.94. The monoisotopic (exact) mass is 738 g/mol. The Kier molecular flexibility index (Phi) is 11.6. The predicted octanol–water partition coefficient (Wildman–Crippen LogP) is 8.72. The first-order valence-electron chi connectivity index (χ1n) is 17.4. The molecule has 2 atom stereocenters. The highest BCUT2D eigenvalue weighted by Crippen LogP contribution is 2.47. The van der Waals surface area contributed by atoms with Crippen molar-refractivity contribution in [2.75, 3.05) is 13.2 Å². The maximum Gasteiger partial charge on any atom is 0.218 e. The number of sulfone groups is 1. The SMILES string of the molecule is CCCOC1(S(=O)(=O)C2(OCCC)C=CC(Oc3ccccc3)=C(Oc3ccc(O)cc3)C2)C=CC(Oc2ccccc2)=C(Oc2ccc(O)cc2)C1. The normalized spacial score (nSPS) is 20.0. The maximum absolute atomic E-state index is 15.6. The van der Waals surface area contributed by atoms with E-state index in [1.807, 2.05) is 50.2 Å². The second-order valence-electron chi connectivity index (χ2n) is 12.4. The van der Waals surface area contributed by atoms with Gasteiger partial charge in [0.25, 0.3) is 0 Å². The second kappa shape index (κ2) is 16.5. The molecule has 6 rings (SSSR count). The van der Waals surface area contributed by atoms with Gasteiger partial charge in [-0.25, -0.2) is 8.42 Å². The molecule has 2 N–H and O–H groups in total. The third-order valence-corrected chi connectivity index (χ3v) is 11.1. The van der Waals surface area contributed by atoms with E-state index in [-0.39, 0.29) is 60.6 Å². The van der Waals surface area contributed by atoms with Crippen LogP contribution in [0.5, 0.6) is 34.5 Å². The quantitative estimate of drug-likeness (QED) is 0.115. The Labute approximate surface area is 309 Å². The lowest BCUT2D eigenvalue weighted by Gasteiger charge is -2.42. The van der Waals surface area contributed by atoms with Crippen LogP contribution in [-0.2, 0) is 19.3 Å². The first kappa shape index (κ1) is 37.3. The van der Waals surface area contributed by atoms with Gasteiger partial charge in [-0.15, -0.1) is 0 Å². The van der Waals surface area contributed by atoms with Gasteiger partial charge in [-0.2, -0.15) is 0 Å². The van der Waals surface area contributed by atoms with Gasteiger partial charge in [-0.3, -0.25) is 0 Å². The standard InChI is InChI=1S/C42H42O10S/c1-3-27-47-41(25-23-37(49-33-11-7-5-8-12-33)39(29-41)51-35-19-15-31(43)16-20-35)53(45,46)42(48-28-4-2)26-24-38(50-34-13-9-6-10-14-34)40(30-42)52-36-21-17-32(44)18-22-36/h5-26,43-44H,3-4,27-30H2,1-2H3. The number of aromatic hydroxyl groups is 2. The van der Waals surface area contributed by atoms with E-state index in [9.17, 15) is 10.2 Å². The topological polar surface area (TPSA) is 130 Å². The van der Waals surface area contributed by atoms with Crippen LogP contribution in [0.2, 0.25) is 0 Å². The van der Waals surface area contributed by atoms with Crippen molar-refractivity contribution in [2.24, 2.45) is 0 Å². The summed E-state index contributed by atoms with van der Waals surface area (Å²) >= 11 is 0. The van der Waals surface area contributed by atoms with E-state index in [2.05, 4.69) is 0 Å². The van der Waals surface area contributed by atoms with Crippen molar-refractivity contribution < 1.29 is 47.1 Å². The lowest BCUT2D eigenvalue weighted by atomic mass is 10.1. The number of hydrogen-bond donors (Lipinski definition) is 2. The summed E-state index contributed by atoms with van der Waals surface area (Å²) in [5, 5.41) is 19.8. The molecule has 0 radical (unpaired) electrons. The molecule has 0 spiro atoms. The zero-order valence-electron chi connectivity index (χ0n) is 29.5. The predicted molar refractivity (Wildman–Crippen MR) is 200 cm³/mol. The Morgan fingerprint density at radius 3 is 1.25 bits per heavy atom. The molecule has 4 aromatic rings. The van der Waals surface area contributed by atoms with Crippen LogP contribution in [0, 0.1) is 0 Å². The summed E-state index contributed by atoms with van der Waals surface area (Å²) in [6.07, 6.45) is 6.59. The molecule has 276 valence electrons. The molecule has 0 saturated heterocycles. The number of hydrogen-bond acceptors (Lipinski definition) is 10. The Morgan fingerprint density at radius 1 is 0.528 bits per heavy atom. The number of phenols is 2. The molecule has 0 saturated carbocycles. The number of rotatable bonds is 16. The van der Waals surface area contributed by atoms with Gasteiger partial charge in [-0.05, 0) is 110 Å². The molecule has 53 heavy (non-hydrogen) atoms. The summed E-state index contributed by atoms with van der Waals surface area (Å²) in [6.45, 7) is 3.99. The minimum Gasteiger partial charge on any atom is -0.508 e. The lowest BCUT2D eigenvalue weighted by molar-refractivity contribution is 0.0128. The van der Waals surface area contributed by atoms with E-state index in [0.29, 0.717) is 35.8 Å². The van der Waals surface area contributed by atoms with Gasteiger partial charge >= 0.3 is 0 Å². The molecule has 2 aliphatic rings. The van der Waals surface area contributed by atoms with E-state index in [4.69, 9.17) is 28.4 Å². The molecule has 4 aromatic carbocycles. The van der Waals surface area contributed by atoms with Crippen molar-refractivity contribution >= 4 is 9.84 Å². The van der Waals surface area contributed by atoms with Gasteiger partial charge in [0, 0.05) is 13.2 Å². The van der Waals surface area contributed by atoms with Crippen molar-refractivity contribution in [3.8, 4) is 34.5 Å². The molecule has 11 heteroatoms. The van der Waals surface area contributed by atoms with Crippen LogP contribution in [0.3, 0.4) is 0 Å². The molecule has 0 aromatic heterocycles. The fourth-order valence-corrected chi connectivity index (χ4v) is 7.99. The van der Waals surface area contributed by atoms with E-state index < -0.39 is 19.7 Å². The van der Waals surface area contributed by atoms with Gasteiger partial charge in [0.05, 0.1) is 12.8 Å². The minimum absolute atomic E-state index is 0.0481. The molecule has 0 heterocycles. The summed E-state index contributed by atoms with van der Waals surface area (Å²) in [5.41, 5.74) is 0. The molecule has 2 aliphatic carbocycles. The Morgan fingerprint density at radius 2 is 0.887 bits per heavy atom. The molecule has 0 aliphatic heterocycles. The number of phenolic OH excluding ortho intramolecular Hbond substituents is 2. The van der Waals surface area contributed by atoms with Crippen LogP contribution in [0.1, 0.15) is 39.5 Å². The van der Waals surface area contributed by atoms with Crippen LogP contribution < -0.4 is 18.9 Å².